The van der Waals surface area contributed by atoms with Gasteiger partial charge < -0.3 is 0 Å². The summed E-state index contributed by atoms with van der Waals surface area (Å²) in [5, 5.41) is 17.1. The van der Waals surface area contributed by atoms with E-state index in [1.54, 1.807) is 12.1 Å². The molecule has 0 N–H and O–H groups in total. The highest BCUT2D eigenvalue weighted by molar-refractivity contribution is 7.90. The van der Waals surface area contributed by atoms with Crippen LogP contribution >= 0.6 is 0 Å². The maximum absolute atomic E-state index is 11.1. The van der Waals surface area contributed by atoms with Gasteiger partial charge in [0.25, 0.3) is 0 Å². The number of hydrogen-bond donors (Lipinski definition) is 0. The molecule has 0 atom stereocenters. The minimum atomic E-state index is -3.46. The number of aromatic nitrogens is 1. The Hall–Kier alpha value is -1.92. The molecule has 0 aromatic carbocycles. The Kier molecular flexibility index (Phi) is 2.50. The summed E-state index contributed by atoms with van der Waals surface area (Å²) in [6, 6.07) is 5.83. The molecule has 1 aromatic rings. The van der Waals surface area contributed by atoms with Crippen molar-refractivity contribution >= 4 is 9.84 Å². The molecule has 1 heterocycles. The highest BCUT2D eigenvalue weighted by Crippen LogP contribution is 2.12. The molecule has 5 nitrogen and oxygen atoms in total. The molecule has 0 amide bonds. The molecule has 0 aliphatic heterocycles. The van der Waals surface area contributed by atoms with Gasteiger partial charge >= 0.3 is 0 Å². The van der Waals surface area contributed by atoms with E-state index in [-0.39, 0.29) is 16.3 Å². The molecule has 0 saturated heterocycles. The summed E-state index contributed by atoms with van der Waals surface area (Å²) in [6.45, 7) is 0. The maximum Gasteiger partial charge on any atom is 0.178 e. The van der Waals surface area contributed by atoms with Crippen LogP contribution in [0.5, 0.6) is 0 Å². The topological polar surface area (TPSA) is 94.6 Å². The zero-order valence-electron chi connectivity index (χ0n) is 7.22. The molecule has 0 aliphatic rings. The Morgan fingerprint density at radius 3 is 2.36 bits per heavy atom. The first-order valence-electron chi connectivity index (χ1n) is 3.50. The predicted octanol–water partition coefficient (Wildman–Crippen LogP) is 0.228. The lowest BCUT2D eigenvalue weighted by Gasteiger charge is -1.99. The second-order valence-corrected chi connectivity index (χ2v) is 4.52. The smallest absolute Gasteiger partial charge is 0.178 e. The van der Waals surface area contributed by atoms with E-state index in [2.05, 4.69) is 4.98 Å². The van der Waals surface area contributed by atoms with Gasteiger partial charge in [-0.15, -0.1) is 0 Å². The zero-order valence-corrected chi connectivity index (χ0v) is 8.04. The molecular weight excluding hydrogens is 202 g/mol. The van der Waals surface area contributed by atoms with Gasteiger partial charge in [-0.2, -0.15) is 10.5 Å². The van der Waals surface area contributed by atoms with E-state index >= 15 is 0 Å². The third-order valence-corrected chi connectivity index (χ3v) is 2.61. The fraction of sp³-hybridized carbons (Fsp3) is 0.125. The summed E-state index contributed by atoms with van der Waals surface area (Å²) in [6.07, 6.45) is 0.983. The third-order valence-electron chi connectivity index (χ3n) is 1.48. The Bertz CT molecular complexity index is 549. The number of rotatable bonds is 1. The van der Waals surface area contributed by atoms with Crippen molar-refractivity contribution in [1.82, 2.24) is 4.98 Å². The standard InChI is InChI=1S/C8H5N3O2S/c1-14(12,13)8-3-2-6(4-9)11-7(8)5-10/h2-3H,1H3. The first-order chi connectivity index (χ1) is 6.49. The van der Waals surface area contributed by atoms with Crippen LogP contribution in [0.1, 0.15) is 11.4 Å². The minimum Gasteiger partial charge on any atom is -0.225 e. The Balaban J connectivity index is 3.53. The van der Waals surface area contributed by atoms with Crippen LogP contribution < -0.4 is 0 Å². The van der Waals surface area contributed by atoms with E-state index in [4.69, 9.17) is 10.5 Å². The van der Waals surface area contributed by atoms with Gasteiger partial charge in [-0.25, -0.2) is 13.4 Å². The summed E-state index contributed by atoms with van der Waals surface area (Å²) in [7, 11) is -3.46. The molecule has 0 radical (unpaired) electrons. The molecule has 0 aliphatic carbocycles. The number of sulfone groups is 1. The fourth-order valence-electron chi connectivity index (χ4n) is 0.888. The van der Waals surface area contributed by atoms with Crippen molar-refractivity contribution in [3.05, 3.63) is 23.5 Å². The van der Waals surface area contributed by atoms with Crippen molar-refractivity contribution < 1.29 is 8.42 Å². The van der Waals surface area contributed by atoms with Crippen LogP contribution in [0.4, 0.5) is 0 Å². The lowest BCUT2D eigenvalue weighted by Crippen LogP contribution is -2.03. The van der Waals surface area contributed by atoms with Gasteiger partial charge in [-0.1, -0.05) is 0 Å². The van der Waals surface area contributed by atoms with Crippen LogP contribution in [-0.4, -0.2) is 19.7 Å². The molecule has 0 spiro atoms. The predicted molar refractivity (Wildman–Crippen MR) is 46.8 cm³/mol. The van der Waals surface area contributed by atoms with E-state index < -0.39 is 9.84 Å². The fourth-order valence-corrected chi connectivity index (χ4v) is 1.65. The third kappa shape index (κ3) is 1.87. The van der Waals surface area contributed by atoms with Crippen LogP contribution in [0.25, 0.3) is 0 Å². The molecule has 70 valence electrons. The highest BCUT2D eigenvalue weighted by Gasteiger charge is 2.14. The second kappa shape index (κ2) is 3.44. The van der Waals surface area contributed by atoms with Gasteiger partial charge in [0, 0.05) is 6.26 Å². The highest BCUT2D eigenvalue weighted by atomic mass is 32.2. The van der Waals surface area contributed by atoms with E-state index in [1.165, 1.54) is 12.1 Å². The van der Waals surface area contributed by atoms with E-state index in [0.717, 1.165) is 6.26 Å². The van der Waals surface area contributed by atoms with E-state index in [1.807, 2.05) is 0 Å². The van der Waals surface area contributed by atoms with Gasteiger partial charge in [0.15, 0.2) is 15.5 Å². The Morgan fingerprint density at radius 1 is 1.29 bits per heavy atom. The van der Waals surface area contributed by atoms with Crippen molar-refractivity contribution in [2.75, 3.05) is 6.26 Å². The first-order valence-corrected chi connectivity index (χ1v) is 5.39. The van der Waals surface area contributed by atoms with Crippen LogP contribution in [0, 0.1) is 22.7 Å². The van der Waals surface area contributed by atoms with E-state index in [0.29, 0.717) is 0 Å². The van der Waals surface area contributed by atoms with Crippen molar-refractivity contribution in [2.45, 2.75) is 4.90 Å². The summed E-state index contributed by atoms with van der Waals surface area (Å²) < 4.78 is 22.3. The molecule has 1 aromatic heterocycles. The Labute approximate surface area is 81.2 Å². The van der Waals surface area contributed by atoms with Crippen molar-refractivity contribution in [3.63, 3.8) is 0 Å². The summed E-state index contributed by atoms with van der Waals surface area (Å²) in [5.74, 6) is 0. The Morgan fingerprint density at radius 2 is 1.93 bits per heavy atom. The molecule has 14 heavy (non-hydrogen) atoms. The zero-order chi connectivity index (χ0) is 10.8. The average molecular weight is 207 g/mol. The van der Waals surface area contributed by atoms with Crippen molar-refractivity contribution in [3.8, 4) is 12.1 Å². The normalized spacial score (nSPS) is 10.2. The quantitative estimate of drug-likeness (QED) is 0.656. The van der Waals surface area contributed by atoms with Crippen LogP contribution in [0.2, 0.25) is 0 Å². The molecule has 0 bridgehead atoms. The van der Waals surface area contributed by atoms with Gasteiger partial charge in [0.2, 0.25) is 0 Å². The van der Waals surface area contributed by atoms with Crippen LogP contribution in [-0.2, 0) is 9.84 Å². The van der Waals surface area contributed by atoms with Crippen molar-refractivity contribution in [2.24, 2.45) is 0 Å². The molecule has 0 saturated carbocycles. The SMILES string of the molecule is CS(=O)(=O)c1ccc(C#N)nc1C#N. The van der Waals surface area contributed by atoms with Crippen LogP contribution in [0.15, 0.2) is 17.0 Å². The van der Waals surface area contributed by atoms with Gasteiger partial charge in [0.1, 0.15) is 22.7 Å². The second-order valence-electron chi connectivity index (χ2n) is 2.54. The molecular formula is C8H5N3O2S. The number of nitriles is 2. The minimum absolute atomic E-state index is 0.0222. The summed E-state index contributed by atoms with van der Waals surface area (Å²) in [5.41, 5.74) is -0.222. The maximum atomic E-state index is 11.1. The van der Waals surface area contributed by atoms with Crippen LogP contribution in [0.3, 0.4) is 0 Å². The lowest BCUT2D eigenvalue weighted by atomic mass is 10.3. The number of pyridine rings is 1. The number of nitrogens with zero attached hydrogens (tertiary/aromatic N) is 3. The first kappa shape index (κ1) is 10.2. The van der Waals surface area contributed by atoms with E-state index in [9.17, 15) is 8.42 Å². The summed E-state index contributed by atoms with van der Waals surface area (Å²) >= 11 is 0. The lowest BCUT2D eigenvalue weighted by molar-refractivity contribution is 0.601. The van der Waals surface area contributed by atoms with Gasteiger partial charge in [-0.05, 0) is 12.1 Å². The molecule has 0 fully saturated rings. The monoisotopic (exact) mass is 207 g/mol. The van der Waals surface area contributed by atoms with Gasteiger partial charge in [0.05, 0.1) is 0 Å². The summed E-state index contributed by atoms with van der Waals surface area (Å²) in [4.78, 5) is 3.42. The number of hydrogen-bond acceptors (Lipinski definition) is 5. The molecule has 1 rings (SSSR count). The van der Waals surface area contributed by atoms with Gasteiger partial charge in [-0.3, -0.25) is 0 Å². The molecule has 0 unspecified atom stereocenters. The van der Waals surface area contributed by atoms with Crippen molar-refractivity contribution in [1.29, 1.82) is 10.5 Å². The largest absolute Gasteiger partial charge is 0.225 e. The average Bonchev–Trinajstić information content (AvgIpc) is 2.15. The molecule has 6 heteroatoms.